The van der Waals surface area contributed by atoms with E-state index in [1.807, 2.05) is 0 Å². The SMILES string of the molecule is COc1ccc(NC(=O)CCc2ccc(C)c(C)c2)cc1OC. The minimum atomic E-state index is -0.0181. The molecule has 1 N–H and O–H groups in total. The van der Waals surface area contributed by atoms with E-state index < -0.39 is 0 Å². The van der Waals surface area contributed by atoms with Gasteiger partial charge in [-0.3, -0.25) is 4.79 Å². The molecule has 23 heavy (non-hydrogen) atoms. The Labute approximate surface area is 137 Å². The van der Waals surface area contributed by atoms with Crippen LogP contribution in [-0.4, -0.2) is 20.1 Å². The molecule has 0 aromatic heterocycles. The van der Waals surface area contributed by atoms with E-state index in [9.17, 15) is 4.79 Å². The number of ether oxygens (including phenoxy) is 2. The van der Waals surface area contributed by atoms with Crippen molar-refractivity contribution in [2.75, 3.05) is 19.5 Å². The van der Waals surface area contributed by atoms with Crippen molar-refractivity contribution in [2.24, 2.45) is 0 Å². The molecule has 0 bridgehead atoms. The quantitative estimate of drug-likeness (QED) is 0.880. The third kappa shape index (κ3) is 4.49. The second-order valence-corrected chi connectivity index (χ2v) is 5.54. The smallest absolute Gasteiger partial charge is 0.224 e. The number of aryl methyl sites for hydroxylation is 3. The minimum absolute atomic E-state index is 0.0181. The molecule has 4 heteroatoms. The monoisotopic (exact) mass is 313 g/mol. The maximum atomic E-state index is 12.1. The molecule has 2 rings (SSSR count). The first-order valence-electron chi connectivity index (χ1n) is 7.61. The standard InChI is InChI=1S/C19H23NO3/c1-13-5-6-15(11-14(13)2)7-10-19(21)20-16-8-9-17(22-3)18(12-16)23-4/h5-6,8-9,11-12H,7,10H2,1-4H3,(H,20,21). The van der Waals surface area contributed by atoms with Crippen LogP contribution < -0.4 is 14.8 Å². The number of nitrogens with one attached hydrogen (secondary N) is 1. The van der Waals surface area contributed by atoms with Crippen LogP contribution in [0.15, 0.2) is 36.4 Å². The summed E-state index contributed by atoms with van der Waals surface area (Å²) < 4.78 is 10.4. The summed E-state index contributed by atoms with van der Waals surface area (Å²) in [5.74, 6) is 1.22. The first-order valence-corrected chi connectivity index (χ1v) is 7.61. The molecule has 0 atom stereocenters. The van der Waals surface area contributed by atoms with Gasteiger partial charge in [0.2, 0.25) is 5.91 Å². The Bertz CT molecular complexity index is 695. The van der Waals surface area contributed by atoms with Crippen LogP contribution in [0.1, 0.15) is 23.1 Å². The highest BCUT2D eigenvalue weighted by atomic mass is 16.5. The normalized spacial score (nSPS) is 10.3. The molecule has 0 aliphatic rings. The molecule has 0 fully saturated rings. The predicted molar refractivity (Wildman–Crippen MR) is 92.4 cm³/mol. The highest BCUT2D eigenvalue weighted by molar-refractivity contribution is 5.91. The van der Waals surface area contributed by atoms with Crippen molar-refractivity contribution in [3.8, 4) is 11.5 Å². The van der Waals surface area contributed by atoms with Gasteiger partial charge in [-0.05, 0) is 49.1 Å². The molecule has 0 aliphatic carbocycles. The van der Waals surface area contributed by atoms with Crippen LogP contribution in [-0.2, 0) is 11.2 Å². The second-order valence-electron chi connectivity index (χ2n) is 5.54. The van der Waals surface area contributed by atoms with Crippen molar-refractivity contribution in [2.45, 2.75) is 26.7 Å². The highest BCUT2D eigenvalue weighted by Crippen LogP contribution is 2.29. The fourth-order valence-electron chi connectivity index (χ4n) is 2.35. The number of anilines is 1. The van der Waals surface area contributed by atoms with E-state index in [0.717, 1.165) is 6.42 Å². The van der Waals surface area contributed by atoms with E-state index in [1.165, 1.54) is 16.7 Å². The molecule has 0 saturated heterocycles. The average molecular weight is 313 g/mol. The Balaban J connectivity index is 1.95. The number of amides is 1. The number of methoxy groups -OCH3 is 2. The summed E-state index contributed by atoms with van der Waals surface area (Å²) in [4.78, 5) is 12.1. The summed E-state index contributed by atoms with van der Waals surface area (Å²) in [6.45, 7) is 4.17. The van der Waals surface area contributed by atoms with Gasteiger partial charge < -0.3 is 14.8 Å². The van der Waals surface area contributed by atoms with Crippen molar-refractivity contribution < 1.29 is 14.3 Å². The lowest BCUT2D eigenvalue weighted by Crippen LogP contribution is -2.12. The third-order valence-electron chi connectivity index (χ3n) is 3.88. The van der Waals surface area contributed by atoms with Gasteiger partial charge in [-0.1, -0.05) is 18.2 Å². The van der Waals surface area contributed by atoms with E-state index in [1.54, 1.807) is 32.4 Å². The Kier molecular flexibility index (Phi) is 5.63. The summed E-state index contributed by atoms with van der Waals surface area (Å²) in [6.07, 6.45) is 1.16. The van der Waals surface area contributed by atoms with E-state index in [0.29, 0.717) is 23.6 Å². The molecule has 0 unspecified atom stereocenters. The zero-order chi connectivity index (χ0) is 16.8. The third-order valence-corrected chi connectivity index (χ3v) is 3.88. The van der Waals surface area contributed by atoms with Crippen LogP contribution in [0.25, 0.3) is 0 Å². The number of hydrogen-bond acceptors (Lipinski definition) is 3. The molecule has 0 aliphatic heterocycles. The molecule has 2 aromatic rings. The average Bonchev–Trinajstić information content (AvgIpc) is 2.55. The van der Waals surface area contributed by atoms with Crippen molar-refractivity contribution in [3.63, 3.8) is 0 Å². The summed E-state index contributed by atoms with van der Waals surface area (Å²) in [7, 11) is 3.16. The number of carbonyl (C=O) groups is 1. The molecular weight excluding hydrogens is 290 g/mol. The molecule has 4 nitrogen and oxygen atoms in total. The Hall–Kier alpha value is -2.49. The highest BCUT2D eigenvalue weighted by Gasteiger charge is 2.08. The lowest BCUT2D eigenvalue weighted by molar-refractivity contribution is -0.116. The lowest BCUT2D eigenvalue weighted by Gasteiger charge is -2.11. The van der Waals surface area contributed by atoms with Gasteiger partial charge in [-0.25, -0.2) is 0 Å². The zero-order valence-corrected chi connectivity index (χ0v) is 14.1. The summed E-state index contributed by atoms with van der Waals surface area (Å²) in [6, 6.07) is 11.6. The maximum Gasteiger partial charge on any atom is 0.224 e. The summed E-state index contributed by atoms with van der Waals surface area (Å²) in [5.41, 5.74) is 4.40. The lowest BCUT2D eigenvalue weighted by atomic mass is 10.0. The molecular formula is C19H23NO3. The van der Waals surface area contributed by atoms with Crippen LogP contribution in [0.4, 0.5) is 5.69 Å². The second kappa shape index (κ2) is 7.68. The molecule has 1 amide bonds. The van der Waals surface area contributed by atoms with E-state index in [-0.39, 0.29) is 5.91 Å². The van der Waals surface area contributed by atoms with Gasteiger partial charge in [0.05, 0.1) is 14.2 Å². The molecule has 0 saturated carbocycles. The van der Waals surface area contributed by atoms with Crippen LogP contribution >= 0.6 is 0 Å². The first kappa shape index (κ1) is 16.9. The van der Waals surface area contributed by atoms with Crippen LogP contribution in [0.3, 0.4) is 0 Å². The molecule has 0 spiro atoms. The minimum Gasteiger partial charge on any atom is -0.493 e. The zero-order valence-electron chi connectivity index (χ0n) is 14.1. The molecule has 0 radical (unpaired) electrons. The summed E-state index contributed by atoms with van der Waals surface area (Å²) >= 11 is 0. The first-order chi connectivity index (χ1) is 11.0. The van der Waals surface area contributed by atoms with Crippen molar-refractivity contribution in [3.05, 3.63) is 53.1 Å². The number of benzene rings is 2. The van der Waals surface area contributed by atoms with E-state index in [4.69, 9.17) is 9.47 Å². The predicted octanol–water partition coefficient (Wildman–Crippen LogP) is 3.89. The van der Waals surface area contributed by atoms with Gasteiger partial charge in [-0.15, -0.1) is 0 Å². The number of rotatable bonds is 6. The van der Waals surface area contributed by atoms with Gasteiger partial charge in [0.25, 0.3) is 0 Å². The Morgan fingerprint density at radius 3 is 2.35 bits per heavy atom. The van der Waals surface area contributed by atoms with Crippen LogP contribution in [0, 0.1) is 13.8 Å². The van der Waals surface area contributed by atoms with Crippen molar-refractivity contribution in [1.82, 2.24) is 0 Å². The molecule has 2 aromatic carbocycles. The van der Waals surface area contributed by atoms with E-state index in [2.05, 4.69) is 37.4 Å². The van der Waals surface area contributed by atoms with Crippen LogP contribution in [0.2, 0.25) is 0 Å². The number of hydrogen-bond donors (Lipinski definition) is 1. The van der Waals surface area contributed by atoms with Crippen LogP contribution in [0.5, 0.6) is 11.5 Å². The van der Waals surface area contributed by atoms with E-state index >= 15 is 0 Å². The van der Waals surface area contributed by atoms with Gasteiger partial charge in [0.15, 0.2) is 11.5 Å². The van der Waals surface area contributed by atoms with Gasteiger partial charge in [0, 0.05) is 18.2 Å². The molecule has 122 valence electrons. The Morgan fingerprint density at radius 1 is 0.957 bits per heavy atom. The Morgan fingerprint density at radius 2 is 1.70 bits per heavy atom. The fraction of sp³-hybridized carbons (Fsp3) is 0.316. The fourth-order valence-corrected chi connectivity index (χ4v) is 2.35. The summed E-state index contributed by atoms with van der Waals surface area (Å²) in [5, 5.41) is 2.89. The van der Waals surface area contributed by atoms with Gasteiger partial charge >= 0.3 is 0 Å². The molecule has 0 heterocycles. The number of carbonyl (C=O) groups excluding carboxylic acids is 1. The maximum absolute atomic E-state index is 12.1. The topological polar surface area (TPSA) is 47.6 Å². The van der Waals surface area contributed by atoms with Crippen molar-refractivity contribution >= 4 is 11.6 Å². The van der Waals surface area contributed by atoms with Gasteiger partial charge in [0.1, 0.15) is 0 Å². The van der Waals surface area contributed by atoms with Crippen molar-refractivity contribution in [1.29, 1.82) is 0 Å². The largest absolute Gasteiger partial charge is 0.493 e. The van der Waals surface area contributed by atoms with Gasteiger partial charge in [-0.2, -0.15) is 0 Å².